The number of aryl methyl sites for hydroxylation is 1. The lowest BCUT2D eigenvalue weighted by atomic mass is 10.3. The highest BCUT2D eigenvalue weighted by Gasteiger charge is 2.01. The van der Waals surface area contributed by atoms with E-state index in [9.17, 15) is 0 Å². The molecule has 0 saturated heterocycles. The zero-order valence-electron chi connectivity index (χ0n) is 12.3. The molecule has 1 atom stereocenters. The Bertz CT molecular complexity index is 346. The second-order valence-corrected chi connectivity index (χ2v) is 4.62. The molecule has 0 aromatic carbocycles. The predicted molar refractivity (Wildman–Crippen MR) is 78.1 cm³/mol. The molecule has 0 aliphatic heterocycles. The lowest BCUT2D eigenvalue weighted by Gasteiger charge is -2.16. The first kappa shape index (κ1) is 15.5. The SMILES string of the molecule is CCNC(=NCCCCn1cnnc1)NC(C)CC. The van der Waals surface area contributed by atoms with Gasteiger partial charge < -0.3 is 15.2 Å². The summed E-state index contributed by atoms with van der Waals surface area (Å²) in [5.41, 5.74) is 0. The fraction of sp³-hybridized carbons (Fsp3) is 0.769. The van der Waals surface area contributed by atoms with Crippen LogP contribution in [0.15, 0.2) is 17.6 Å². The van der Waals surface area contributed by atoms with Crippen LogP contribution in [0.5, 0.6) is 0 Å². The number of nitrogens with one attached hydrogen (secondary N) is 2. The molecule has 108 valence electrons. The molecule has 0 amide bonds. The molecule has 19 heavy (non-hydrogen) atoms. The van der Waals surface area contributed by atoms with Crippen LogP contribution in [0.1, 0.15) is 40.0 Å². The van der Waals surface area contributed by atoms with Gasteiger partial charge in [0.25, 0.3) is 0 Å². The van der Waals surface area contributed by atoms with Crippen molar-refractivity contribution in [3.8, 4) is 0 Å². The van der Waals surface area contributed by atoms with Gasteiger partial charge in [0.1, 0.15) is 12.7 Å². The lowest BCUT2D eigenvalue weighted by Crippen LogP contribution is -2.42. The number of hydrogen-bond acceptors (Lipinski definition) is 3. The number of aromatic nitrogens is 3. The van der Waals surface area contributed by atoms with Gasteiger partial charge in [-0.05, 0) is 33.1 Å². The van der Waals surface area contributed by atoms with Gasteiger partial charge >= 0.3 is 0 Å². The van der Waals surface area contributed by atoms with E-state index >= 15 is 0 Å². The van der Waals surface area contributed by atoms with Crippen LogP contribution in [0.2, 0.25) is 0 Å². The van der Waals surface area contributed by atoms with E-state index in [1.54, 1.807) is 12.7 Å². The van der Waals surface area contributed by atoms with E-state index in [1.807, 2.05) is 4.57 Å². The van der Waals surface area contributed by atoms with Crippen LogP contribution in [0.25, 0.3) is 0 Å². The van der Waals surface area contributed by atoms with Crippen molar-refractivity contribution in [3.05, 3.63) is 12.7 Å². The summed E-state index contributed by atoms with van der Waals surface area (Å²) in [6, 6.07) is 0.454. The third-order valence-electron chi connectivity index (χ3n) is 2.90. The number of guanidine groups is 1. The van der Waals surface area contributed by atoms with Crippen LogP contribution < -0.4 is 10.6 Å². The second kappa shape index (κ2) is 9.35. The molecule has 1 rings (SSSR count). The third-order valence-corrected chi connectivity index (χ3v) is 2.90. The molecule has 0 fully saturated rings. The van der Waals surface area contributed by atoms with Gasteiger partial charge in [-0.1, -0.05) is 6.92 Å². The third kappa shape index (κ3) is 6.79. The number of aliphatic imine (C=N–C) groups is 1. The van der Waals surface area contributed by atoms with Crippen molar-refractivity contribution >= 4 is 5.96 Å². The monoisotopic (exact) mass is 266 g/mol. The first-order valence-corrected chi connectivity index (χ1v) is 7.13. The Morgan fingerprint density at radius 3 is 2.63 bits per heavy atom. The Kier molecular flexibility index (Phi) is 7.62. The average molecular weight is 266 g/mol. The molecule has 0 radical (unpaired) electrons. The summed E-state index contributed by atoms with van der Waals surface area (Å²) in [7, 11) is 0. The zero-order valence-corrected chi connectivity index (χ0v) is 12.3. The van der Waals surface area contributed by atoms with Gasteiger partial charge in [-0.3, -0.25) is 4.99 Å². The molecular formula is C13H26N6. The van der Waals surface area contributed by atoms with Crippen LogP contribution >= 0.6 is 0 Å². The van der Waals surface area contributed by atoms with Crippen molar-refractivity contribution in [1.29, 1.82) is 0 Å². The van der Waals surface area contributed by atoms with Crippen LogP contribution in [0, 0.1) is 0 Å². The van der Waals surface area contributed by atoms with Gasteiger partial charge in [0.15, 0.2) is 5.96 Å². The highest BCUT2D eigenvalue weighted by Crippen LogP contribution is 1.95. The molecule has 1 aromatic heterocycles. The molecule has 0 aliphatic carbocycles. The van der Waals surface area contributed by atoms with Gasteiger partial charge in [0.05, 0.1) is 0 Å². The number of unbranched alkanes of at least 4 members (excludes halogenated alkanes) is 1. The Balaban J connectivity index is 2.22. The standard InChI is InChI=1S/C13H26N6/c1-4-12(3)18-13(14-5-2)15-8-6-7-9-19-10-16-17-11-19/h10-12H,4-9H2,1-3H3,(H2,14,15,18). The summed E-state index contributed by atoms with van der Waals surface area (Å²) < 4.78 is 1.99. The smallest absolute Gasteiger partial charge is 0.191 e. The minimum atomic E-state index is 0.454. The normalized spacial score (nSPS) is 13.3. The Hall–Kier alpha value is -1.59. The predicted octanol–water partition coefficient (Wildman–Crippen LogP) is 1.41. The maximum atomic E-state index is 4.57. The van der Waals surface area contributed by atoms with Crippen molar-refractivity contribution < 1.29 is 0 Å². The number of rotatable bonds is 8. The zero-order chi connectivity index (χ0) is 13.9. The highest BCUT2D eigenvalue weighted by molar-refractivity contribution is 5.79. The van der Waals surface area contributed by atoms with Gasteiger partial charge in [0.2, 0.25) is 0 Å². The van der Waals surface area contributed by atoms with E-state index < -0.39 is 0 Å². The molecule has 0 saturated carbocycles. The average Bonchev–Trinajstić information content (AvgIpc) is 2.91. The van der Waals surface area contributed by atoms with Crippen molar-refractivity contribution in [3.63, 3.8) is 0 Å². The number of nitrogens with zero attached hydrogens (tertiary/aromatic N) is 4. The molecule has 1 aromatic rings. The maximum absolute atomic E-state index is 4.57. The Labute approximate surface area is 115 Å². The van der Waals surface area contributed by atoms with E-state index in [4.69, 9.17) is 0 Å². The summed E-state index contributed by atoms with van der Waals surface area (Å²) >= 11 is 0. The van der Waals surface area contributed by atoms with Crippen molar-refractivity contribution in [2.45, 2.75) is 52.6 Å². The molecule has 0 aliphatic rings. The van der Waals surface area contributed by atoms with Gasteiger partial charge in [-0.2, -0.15) is 0 Å². The number of hydrogen-bond donors (Lipinski definition) is 2. The molecule has 1 heterocycles. The lowest BCUT2D eigenvalue weighted by molar-refractivity contribution is 0.603. The van der Waals surface area contributed by atoms with Crippen LogP contribution in [-0.2, 0) is 6.54 Å². The summed E-state index contributed by atoms with van der Waals surface area (Å²) in [4.78, 5) is 4.57. The summed E-state index contributed by atoms with van der Waals surface area (Å²) in [6.45, 7) is 9.11. The quantitative estimate of drug-likeness (QED) is 0.424. The minimum Gasteiger partial charge on any atom is -0.357 e. The summed E-state index contributed by atoms with van der Waals surface area (Å²) in [5.74, 6) is 0.918. The van der Waals surface area contributed by atoms with E-state index in [2.05, 4.69) is 46.6 Å². The van der Waals surface area contributed by atoms with Gasteiger partial charge in [-0.15, -0.1) is 10.2 Å². The Morgan fingerprint density at radius 1 is 1.26 bits per heavy atom. The van der Waals surface area contributed by atoms with Crippen molar-refractivity contribution in [1.82, 2.24) is 25.4 Å². The highest BCUT2D eigenvalue weighted by atomic mass is 15.2. The molecule has 6 nitrogen and oxygen atoms in total. The van der Waals surface area contributed by atoms with E-state index in [0.29, 0.717) is 6.04 Å². The molecule has 0 bridgehead atoms. The molecule has 6 heteroatoms. The minimum absolute atomic E-state index is 0.454. The first-order chi connectivity index (χ1) is 9.26. The summed E-state index contributed by atoms with van der Waals surface area (Å²) in [6.07, 6.45) is 6.74. The van der Waals surface area contributed by atoms with Crippen LogP contribution in [-0.4, -0.2) is 39.9 Å². The van der Waals surface area contributed by atoms with Crippen LogP contribution in [0.3, 0.4) is 0 Å². The summed E-state index contributed by atoms with van der Waals surface area (Å²) in [5, 5.41) is 14.2. The maximum Gasteiger partial charge on any atom is 0.191 e. The first-order valence-electron chi connectivity index (χ1n) is 7.13. The van der Waals surface area contributed by atoms with Crippen LogP contribution in [0.4, 0.5) is 0 Å². The largest absolute Gasteiger partial charge is 0.357 e. The fourth-order valence-electron chi connectivity index (χ4n) is 1.59. The van der Waals surface area contributed by atoms with E-state index in [-0.39, 0.29) is 0 Å². The topological polar surface area (TPSA) is 67.1 Å². The fourth-order valence-corrected chi connectivity index (χ4v) is 1.59. The van der Waals surface area contributed by atoms with Gasteiger partial charge in [0, 0.05) is 25.7 Å². The van der Waals surface area contributed by atoms with E-state index in [1.165, 1.54) is 0 Å². The van der Waals surface area contributed by atoms with Crippen molar-refractivity contribution in [2.75, 3.05) is 13.1 Å². The Morgan fingerprint density at radius 2 is 2.00 bits per heavy atom. The van der Waals surface area contributed by atoms with Crippen molar-refractivity contribution in [2.24, 2.45) is 4.99 Å². The molecular weight excluding hydrogens is 240 g/mol. The second-order valence-electron chi connectivity index (χ2n) is 4.62. The molecule has 0 spiro atoms. The van der Waals surface area contributed by atoms with Gasteiger partial charge in [-0.25, -0.2) is 0 Å². The molecule has 1 unspecified atom stereocenters. The van der Waals surface area contributed by atoms with E-state index in [0.717, 1.165) is 44.9 Å². The molecule has 2 N–H and O–H groups in total.